The minimum Gasteiger partial charge on any atom is -0.486 e. The first-order valence-electron chi connectivity index (χ1n) is 12.2. The van der Waals surface area contributed by atoms with E-state index in [0.29, 0.717) is 6.61 Å². The van der Waals surface area contributed by atoms with E-state index in [4.69, 9.17) is 4.74 Å². The van der Waals surface area contributed by atoms with Crippen molar-refractivity contribution in [2.24, 2.45) is 0 Å². The van der Waals surface area contributed by atoms with Gasteiger partial charge in [0.1, 0.15) is 12.4 Å². The van der Waals surface area contributed by atoms with Crippen LogP contribution in [0.25, 0.3) is 16.5 Å². The predicted molar refractivity (Wildman–Crippen MR) is 149 cm³/mol. The molecule has 0 aliphatic rings. The highest BCUT2D eigenvalue weighted by Crippen LogP contribution is 2.31. The van der Waals surface area contributed by atoms with Crippen LogP contribution < -0.4 is 4.74 Å². The summed E-state index contributed by atoms with van der Waals surface area (Å²) in [6.45, 7) is 9.15. The summed E-state index contributed by atoms with van der Waals surface area (Å²) in [5.74, 6) is 2.41. The van der Waals surface area contributed by atoms with E-state index in [1.54, 1.807) is 11.8 Å². The van der Waals surface area contributed by atoms with Crippen LogP contribution in [0.4, 0.5) is 0 Å². The molecule has 4 nitrogen and oxygen atoms in total. The van der Waals surface area contributed by atoms with Gasteiger partial charge in [-0.1, -0.05) is 99.3 Å². The first kappa shape index (κ1) is 24.1. The van der Waals surface area contributed by atoms with Gasteiger partial charge >= 0.3 is 0 Å². The highest BCUT2D eigenvalue weighted by atomic mass is 32.2. The largest absolute Gasteiger partial charge is 0.486 e. The number of rotatable bonds is 7. The second-order valence-corrected chi connectivity index (χ2v) is 10.9. The van der Waals surface area contributed by atoms with E-state index in [9.17, 15) is 0 Å². The van der Waals surface area contributed by atoms with Crippen LogP contribution in [-0.4, -0.2) is 14.8 Å². The van der Waals surface area contributed by atoms with Gasteiger partial charge in [0, 0.05) is 11.4 Å². The highest BCUT2D eigenvalue weighted by Gasteiger charge is 2.17. The van der Waals surface area contributed by atoms with E-state index in [-0.39, 0.29) is 5.41 Å². The number of aromatic nitrogens is 3. The van der Waals surface area contributed by atoms with Crippen LogP contribution in [0.2, 0.25) is 0 Å². The fraction of sp³-hybridized carbons (Fsp3) is 0.226. The first-order valence-corrected chi connectivity index (χ1v) is 13.2. The molecule has 36 heavy (non-hydrogen) atoms. The van der Waals surface area contributed by atoms with Crippen molar-refractivity contribution in [2.75, 3.05) is 0 Å². The van der Waals surface area contributed by atoms with Gasteiger partial charge in [-0.25, -0.2) is 0 Å². The lowest BCUT2D eigenvalue weighted by molar-refractivity contribution is 0.292. The van der Waals surface area contributed by atoms with Crippen LogP contribution in [0.15, 0.2) is 96.2 Å². The molecule has 0 spiro atoms. The van der Waals surface area contributed by atoms with Crippen LogP contribution >= 0.6 is 11.8 Å². The van der Waals surface area contributed by atoms with Crippen molar-refractivity contribution in [1.82, 2.24) is 14.8 Å². The minimum absolute atomic E-state index is 0.112. The Morgan fingerprint density at radius 1 is 0.806 bits per heavy atom. The fourth-order valence-corrected chi connectivity index (χ4v) is 5.39. The van der Waals surface area contributed by atoms with Gasteiger partial charge < -0.3 is 4.74 Å². The number of para-hydroxylation sites is 1. The molecule has 0 atom stereocenters. The Bertz CT molecular complexity index is 1470. The van der Waals surface area contributed by atoms with Crippen molar-refractivity contribution in [1.29, 1.82) is 0 Å². The number of nitrogens with zero attached hydrogens (tertiary/aromatic N) is 3. The van der Waals surface area contributed by atoms with Gasteiger partial charge in [0.05, 0.1) is 0 Å². The lowest BCUT2D eigenvalue weighted by Crippen LogP contribution is -2.10. The molecular formula is C31H31N3OS. The highest BCUT2D eigenvalue weighted by molar-refractivity contribution is 7.98. The molecule has 0 aliphatic carbocycles. The van der Waals surface area contributed by atoms with Gasteiger partial charge in [0.2, 0.25) is 0 Å². The molecule has 0 unspecified atom stereocenters. The lowest BCUT2D eigenvalue weighted by atomic mass is 9.87. The number of thioether (sulfide) groups is 1. The second kappa shape index (κ2) is 10.2. The summed E-state index contributed by atoms with van der Waals surface area (Å²) in [4.78, 5) is 0. The molecule has 5 aromatic rings. The number of aryl methyl sites for hydroxylation is 1. The molecule has 1 heterocycles. The summed E-state index contributed by atoms with van der Waals surface area (Å²) in [6.07, 6.45) is 0. The molecule has 0 aliphatic heterocycles. The molecule has 0 radical (unpaired) electrons. The van der Waals surface area contributed by atoms with Crippen molar-refractivity contribution < 1.29 is 4.74 Å². The van der Waals surface area contributed by atoms with Gasteiger partial charge in [-0.2, -0.15) is 0 Å². The second-order valence-electron chi connectivity index (χ2n) is 10.0. The number of hydrogen-bond acceptors (Lipinski definition) is 4. The number of hydrogen-bond donors (Lipinski definition) is 0. The summed E-state index contributed by atoms with van der Waals surface area (Å²) in [6, 6.07) is 31.5. The summed E-state index contributed by atoms with van der Waals surface area (Å²) in [7, 11) is 0. The number of benzene rings is 4. The molecule has 5 heteroatoms. The van der Waals surface area contributed by atoms with Crippen LogP contribution in [0.3, 0.4) is 0 Å². The summed E-state index contributed by atoms with van der Waals surface area (Å²) < 4.78 is 8.25. The molecule has 0 amide bonds. The monoisotopic (exact) mass is 493 g/mol. The zero-order valence-corrected chi connectivity index (χ0v) is 22.0. The van der Waals surface area contributed by atoms with E-state index in [2.05, 4.69) is 103 Å². The van der Waals surface area contributed by atoms with E-state index < -0.39 is 0 Å². The van der Waals surface area contributed by atoms with Gasteiger partial charge in [-0.05, 0) is 64.1 Å². The number of ether oxygens (including phenoxy) is 1. The minimum atomic E-state index is 0.112. The molecule has 0 saturated heterocycles. The molecule has 1 aromatic heterocycles. The average Bonchev–Trinajstić information content (AvgIpc) is 3.30. The molecule has 5 rings (SSSR count). The number of fused-ring (bicyclic) bond motifs is 1. The maximum Gasteiger partial charge on any atom is 0.196 e. The van der Waals surface area contributed by atoms with Crippen LogP contribution in [0.5, 0.6) is 5.75 Å². The molecule has 0 saturated carbocycles. The van der Waals surface area contributed by atoms with Crippen LogP contribution in [0, 0.1) is 6.92 Å². The maximum atomic E-state index is 6.14. The Morgan fingerprint density at radius 3 is 2.28 bits per heavy atom. The molecule has 0 N–H and O–H groups in total. The standard InChI is InChI=1S/C31H31N3OS/c1-22-14-15-23-10-8-9-13-27(23)28(22)21-36-30-33-32-29(34(30)25-11-6-5-7-12-25)20-35-26-18-16-24(17-19-26)31(2,3)4/h5-19H,20-21H2,1-4H3. The Morgan fingerprint density at radius 2 is 1.53 bits per heavy atom. The Balaban J connectivity index is 1.41. The Hall–Kier alpha value is -3.57. The fourth-order valence-electron chi connectivity index (χ4n) is 4.30. The topological polar surface area (TPSA) is 39.9 Å². The Labute approximate surface area is 217 Å². The molecule has 0 fully saturated rings. The zero-order chi connectivity index (χ0) is 25.1. The van der Waals surface area contributed by atoms with Crippen molar-refractivity contribution in [3.05, 3.63) is 114 Å². The summed E-state index contributed by atoms with van der Waals surface area (Å²) in [5.41, 5.74) is 5.04. The Kier molecular flexibility index (Phi) is 6.84. The van der Waals surface area contributed by atoms with Crippen molar-refractivity contribution in [3.63, 3.8) is 0 Å². The van der Waals surface area contributed by atoms with Gasteiger partial charge in [0.15, 0.2) is 11.0 Å². The molecule has 4 aromatic carbocycles. The predicted octanol–water partition coefficient (Wildman–Crippen LogP) is 7.90. The van der Waals surface area contributed by atoms with Gasteiger partial charge in [-0.15, -0.1) is 10.2 Å². The quantitative estimate of drug-likeness (QED) is 0.216. The lowest BCUT2D eigenvalue weighted by Gasteiger charge is -2.19. The van der Waals surface area contributed by atoms with Crippen molar-refractivity contribution in [3.8, 4) is 11.4 Å². The van der Waals surface area contributed by atoms with E-state index in [1.807, 2.05) is 30.3 Å². The molecule has 182 valence electrons. The van der Waals surface area contributed by atoms with Gasteiger partial charge in [-0.3, -0.25) is 4.57 Å². The SMILES string of the molecule is Cc1ccc2ccccc2c1CSc1nnc(COc2ccc(C(C)(C)C)cc2)n1-c1ccccc1. The van der Waals surface area contributed by atoms with E-state index in [1.165, 1.54) is 27.5 Å². The normalized spacial score (nSPS) is 11.7. The first-order chi connectivity index (χ1) is 17.4. The van der Waals surface area contributed by atoms with E-state index in [0.717, 1.165) is 28.2 Å². The van der Waals surface area contributed by atoms with Gasteiger partial charge in [0.25, 0.3) is 0 Å². The molecule has 0 bridgehead atoms. The molecular weight excluding hydrogens is 462 g/mol. The third-order valence-electron chi connectivity index (χ3n) is 6.42. The average molecular weight is 494 g/mol. The zero-order valence-electron chi connectivity index (χ0n) is 21.2. The summed E-state index contributed by atoms with van der Waals surface area (Å²) in [5, 5.41) is 12.5. The third-order valence-corrected chi connectivity index (χ3v) is 7.38. The smallest absolute Gasteiger partial charge is 0.196 e. The van der Waals surface area contributed by atoms with E-state index >= 15 is 0 Å². The maximum absolute atomic E-state index is 6.14. The van der Waals surface area contributed by atoms with Crippen LogP contribution in [-0.2, 0) is 17.8 Å². The summed E-state index contributed by atoms with van der Waals surface area (Å²) >= 11 is 1.70. The van der Waals surface area contributed by atoms with Crippen molar-refractivity contribution >= 4 is 22.5 Å². The third kappa shape index (κ3) is 5.17. The van der Waals surface area contributed by atoms with Crippen molar-refractivity contribution in [2.45, 2.75) is 50.6 Å². The van der Waals surface area contributed by atoms with Crippen LogP contribution in [0.1, 0.15) is 43.3 Å².